The van der Waals surface area contributed by atoms with Crippen LogP contribution in [0, 0.1) is 0 Å². The van der Waals surface area contributed by atoms with Gasteiger partial charge in [0, 0.05) is 18.1 Å². The first-order chi connectivity index (χ1) is 14.3. The fourth-order valence-electron chi connectivity index (χ4n) is 3.04. The predicted molar refractivity (Wildman–Crippen MR) is 98.6 cm³/mol. The summed E-state index contributed by atoms with van der Waals surface area (Å²) >= 11 is 0. The lowest BCUT2D eigenvalue weighted by atomic mass is 10.1. The van der Waals surface area contributed by atoms with Crippen LogP contribution in [0.4, 0.5) is 24.5 Å². The molecular weight excluding hydrogens is 403 g/mol. The number of aromatic nitrogens is 4. The Morgan fingerprint density at radius 1 is 1.17 bits per heavy atom. The molecule has 3 aromatic rings. The molecule has 0 aliphatic carbocycles. The number of nitrogens with zero attached hydrogens (tertiary/aromatic N) is 5. The molecule has 12 heteroatoms. The van der Waals surface area contributed by atoms with Crippen LogP contribution in [-0.4, -0.2) is 38.1 Å². The summed E-state index contributed by atoms with van der Waals surface area (Å²) in [6.45, 7) is -0.00589. The van der Waals surface area contributed by atoms with Crippen LogP contribution >= 0.6 is 0 Å². The van der Waals surface area contributed by atoms with Crippen molar-refractivity contribution in [1.82, 2.24) is 19.7 Å². The Hall–Kier alpha value is -3.80. The fraction of sp³-hybridized carbons (Fsp3) is 0.167. The van der Waals surface area contributed by atoms with E-state index in [-0.39, 0.29) is 29.4 Å². The molecule has 1 atom stereocenters. The highest BCUT2D eigenvalue weighted by molar-refractivity contribution is 6.12. The number of hydrogen-bond acceptors (Lipinski definition) is 6. The second-order valence-electron chi connectivity index (χ2n) is 6.41. The monoisotopic (exact) mass is 417 g/mol. The van der Waals surface area contributed by atoms with E-state index in [9.17, 15) is 22.8 Å². The zero-order valence-corrected chi connectivity index (χ0v) is 15.2. The van der Waals surface area contributed by atoms with Crippen molar-refractivity contribution < 1.29 is 22.8 Å². The van der Waals surface area contributed by atoms with Crippen molar-refractivity contribution in [1.29, 1.82) is 0 Å². The number of amides is 2. The molecule has 0 saturated carbocycles. The van der Waals surface area contributed by atoms with Gasteiger partial charge in [0.15, 0.2) is 5.69 Å². The summed E-state index contributed by atoms with van der Waals surface area (Å²) < 4.78 is 39.7. The molecule has 0 bridgehead atoms. The van der Waals surface area contributed by atoms with Crippen LogP contribution in [0.25, 0.3) is 0 Å². The minimum atomic E-state index is -4.49. The summed E-state index contributed by atoms with van der Waals surface area (Å²) in [6.07, 6.45) is -1.20. The Kier molecular flexibility index (Phi) is 4.70. The third-order valence-corrected chi connectivity index (χ3v) is 4.45. The summed E-state index contributed by atoms with van der Waals surface area (Å²) in [5.41, 5.74) is 5.57. The molecule has 1 aliphatic heterocycles. The van der Waals surface area contributed by atoms with Gasteiger partial charge in [0.05, 0.1) is 24.0 Å². The molecule has 0 radical (unpaired) electrons. The molecule has 1 unspecified atom stereocenters. The van der Waals surface area contributed by atoms with Gasteiger partial charge in [0.25, 0.3) is 11.8 Å². The number of carbonyl (C=O) groups excluding carboxylic acids is 2. The molecule has 0 saturated heterocycles. The molecule has 1 aromatic carbocycles. The quantitative estimate of drug-likeness (QED) is 0.673. The van der Waals surface area contributed by atoms with Crippen molar-refractivity contribution in [3.8, 4) is 0 Å². The molecule has 0 fully saturated rings. The fourth-order valence-corrected chi connectivity index (χ4v) is 3.04. The minimum absolute atomic E-state index is 0.00192. The number of nitrogens with one attached hydrogen (secondary N) is 1. The smallest absolute Gasteiger partial charge is 0.316 e. The van der Waals surface area contributed by atoms with E-state index in [0.717, 1.165) is 12.1 Å². The average Bonchev–Trinajstić information content (AvgIpc) is 3.15. The zero-order chi connectivity index (χ0) is 21.5. The summed E-state index contributed by atoms with van der Waals surface area (Å²) in [4.78, 5) is 34.3. The van der Waals surface area contributed by atoms with Gasteiger partial charge in [-0.2, -0.15) is 18.3 Å². The van der Waals surface area contributed by atoms with Crippen LogP contribution in [0.2, 0.25) is 0 Å². The number of fused-ring (bicyclic) bond motifs is 1. The molecule has 3 N–H and O–H groups in total. The number of hydrogen-bond donors (Lipinski definition) is 2. The molecule has 154 valence electrons. The number of nitrogens with two attached hydrogens (primary N) is 1. The number of anilines is 2. The molecule has 30 heavy (non-hydrogen) atoms. The van der Waals surface area contributed by atoms with Crippen LogP contribution in [0.3, 0.4) is 0 Å². The number of carbonyl (C=O) groups is 2. The van der Waals surface area contributed by atoms with Gasteiger partial charge in [-0.25, -0.2) is 14.6 Å². The standard InChI is InChI=1S/C18H14F3N7O2/c19-18(20,21)10-2-4-11(5-3-10)27-9-13(22)28-14(17(27)30)12(8-25-28)26-16(29)15-23-6-1-7-24-15/h1-8,13H,9,22H2,(H,26,29). The lowest BCUT2D eigenvalue weighted by molar-refractivity contribution is -0.137. The van der Waals surface area contributed by atoms with Crippen molar-refractivity contribution in [2.45, 2.75) is 12.3 Å². The Balaban J connectivity index is 1.63. The summed E-state index contributed by atoms with van der Waals surface area (Å²) in [5.74, 6) is -1.33. The molecule has 2 aromatic heterocycles. The number of benzene rings is 1. The van der Waals surface area contributed by atoms with E-state index < -0.39 is 29.7 Å². The third kappa shape index (κ3) is 3.48. The summed E-state index contributed by atoms with van der Waals surface area (Å²) in [6, 6.07) is 5.69. The van der Waals surface area contributed by atoms with Gasteiger partial charge in [-0.15, -0.1) is 0 Å². The molecule has 4 rings (SSSR count). The van der Waals surface area contributed by atoms with Gasteiger partial charge in [-0.3, -0.25) is 9.59 Å². The average molecular weight is 417 g/mol. The van der Waals surface area contributed by atoms with Gasteiger partial charge < -0.3 is 16.0 Å². The lowest BCUT2D eigenvalue weighted by Crippen LogP contribution is -2.46. The van der Waals surface area contributed by atoms with Crippen LogP contribution in [0.15, 0.2) is 48.9 Å². The van der Waals surface area contributed by atoms with E-state index in [4.69, 9.17) is 5.73 Å². The normalized spacial score (nSPS) is 16.3. The van der Waals surface area contributed by atoms with E-state index in [1.165, 1.54) is 40.3 Å². The third-order valence-electron chi connectivity index (χ3n) is 4.45. The van der Waals surface area contributed by atoms with Gasteiger partial charge in [-0.05, 0) is 30.3 Å². The van der Waals surface area contributed by atoms with Crippen LogP contribution in [-0.2, 0) is 6.18 Å². The van der Waals surface area contributed by atoms with Crippen molar-refractivity contribution in [3.05, 3.63) is 66.0 Å². The van der Waals surface area contributed by atoms with Crippen LogP contribution in [0.5, 0.6) is 0 Å². The van der Waals surface area contributed by atoms with E-state index in [1.54, 1.807) is 6.07 Å². The number of rotatable bonds is 3. The highest BCUT2D eigenvalue weighted by Crippen LogP contribution is 2.33. The van der Waals surface area contributed by atoms with Gasteiger partial charge in [-0.1, -0.05) is 0 Å². The van der Waals surface area contributed by atoms with Crippen molar-refractivity contribution >= 4 is 23.2 Å². The molecule has 2 amide bonds. The molecule has 1 aliphatic rings. The van der Waals surface area contributed by atoms with Crippen molar-refractivity contribution in [2.24, 2.45) is 5.73 Å². The summed E-state index contributed by atoms with van der Waals surface area (Å²) in [7, 11) is 0. The number of halogens is 3. The maximum atomic E-state index is 13.0. The Bertz CT molecular complexity index is 1100. The Morgan fingerprint density at radius 3 is 2.47 bits per heavy atom. The maximum absolute atomic E-state index is 13.0. The van der Waals surface area contributed by atoms with Gasteiger partial charge in [0.1, 0.15) is 6.17 Å². The molecule has 3 heterocycles. The summed E-state index contributed by atoms with van der Waals surface area (Å²) in [5, 5.41) is 6.57. The van der Waals surface area contributed by atoms with Gasteiger partial charge in [0.2, 0.25) is 5.82 Å². The van der Waals surface area contributed by atoms with Crippen LogP contribution < -0.4 is 16.0 Å². The van der Waals surface area contributed by atoms with E-state index in [1.807, 2.05) is 0 Å². The first kappa shape index (κ1) is 19.5. The second-order valence-corrected chi connectivity index (χ2v) is 6.41. The van der Waals surface area contributed by atoms with E-state index in [2.05, 4.69) is 20.4 Å². The van der Waals surface area contributed by atoms with Crippen LogP contribution in [0.1, 0.15) is 32.8 Å². The SMILES string of the molecule is NC1CN(c2ccc(C(F)(F)F)cc2)C(=O)c2c(NC(=O)c3ncccn3)cnn21. The van der Waals surface area contributed by atoms with Gasteiger partial charge >= 0.3 is 6.18 Å². The van der Waals surface area contributed by atoms with Crippen molar-refractivity contribution in [3.63, 3.8) is 0 Å². The number of alkyl halides is 3. The topological polar surface area (TPSA) is 119 Å². The largest absolute Gasteiger partial charge is 0.416 e. The van der Waals surface area contributed by atoms with E-state index in [0.29, 0.717) is 0 Å². The Morgan fingerprint density at radius 2 is 1.83 bits per heavy atom. The first-order valence-corrected chi connectivity index (χ1v) is 8.66. The highest BCUT2D eigenvalue weighted by Gasteiger charge is 2.35. The second kappa shape index (κ2) is 7.22. The molecule has 9 nitrogen and oxygen atoms in total. The first-order valence-electron chi connectivity index (χ1n) is 8.66. The molecule has 0 spiro atoms. The predicted octanol–water partition coefficient (Wildman–Crippen LogP) is 2.06. The van der Waals surface area contributed by atoms with Crippen molar-refractivity contribution in [2.75, 3.05) is 16.8 Å². The maximum Gasteiger partial charge on any atom is 0.416 e. The van der Waals surface area contributed by atoms with E-state index >= 15 is 0 Å². The highest BCUT2D eigenvalue weighted by atomic mass is 19.4. The lowest BCUT2D eigenvalue weighted by Gasteiger charge is -2.32. The minimum Gasteiger partial charge on any atom is -0.316 e. The molecular formula is C18H14F3N7O2. The Labute approximate surface area is 167 Å². The zero-order valence-electron chi connectivity index (χ0n) is 15.2.